The number of rotatable bonds is 7. The van der Waals surface area contributed by atoms with E-state index in [1.54, 1.807) is 0 Å². The molecule has 2 aromatic rings. The molecule has 3 rings (SSSR count). The second-order valence-electron chi connectivity index (χ2n) is 5.97. The number of piperazine rings is 1. The van der Waals surface area contributed by atoms with E-state index < -0.39 is 0 Å². The first-order valence-electron chi connectivity index (χ1n) is 8.42. The maximum atomic E-state index is 12.0. The van der Waals surface area contributed by atoms with Gasteiger partial charge in [-0.05, 0) is 25.1 Å². The molecule has 0 radical (unpaired) electrons. The Morgan fingerprint density at radius 3 is 2.72 bits per heavy atom. The number of carbonyl (C=O) groups is 1. The van der Waals surface area contributed by atoms with Crippen molar-refractivity contribution in [2.75, 3.05) is 39.3 Å². The topological polar surface area (TPSA) is 62.2 Å². The summed E-state index contributed by atoms with van der Waals surface area (Å²) >= 11 is 0. The quantitative estimate of drug-likeness (QED) is 0.709. The minimum atomic E-state index is 0. The number of aromatic nitrogens is 2. The summed E-state index contributed by atoms with van der Waals surface area (Å²) in [5, 5.41) is 6.36. The van der Waals surface area contributed by atoms with Crippen LogP contribution in [0, 0.1) is 0 Å². The van der Waals surface area contributed by atoms with E-state index in [1.165, 1.54) is 0 Å². The van der Waals surface area contributed by atoms with E-state index >= 15 is 0 Å². The Labute approximate surface area is 161 Å². The van der Waals surface area contributed by atoms with E-state index in [2.05, 4.69) is 20.5 Å². The summed E-state index contributed by atoms with van der Waals surface area (Å²) in [6.07, 6.45) is 3.32. The molecular formula is C17H27Cl2N5O. The van der Waals surface area contributed by atoms with Crippen LogP contribution in [0.25, 0.3) is 11.0 Å². The zero-order valence-electron chi connectivity index (χ0n) is 14.3. The van der Waals surface area contributed by atoms with Crippen LogP contribution in [-0.4, -0.2) is 59.6 Å². The summed E-state index contributed by atoms with van der Waals surface area (Å²) in [6.45, 7) is 6.87. The lowest BCUT2D eigenvalue weighted by Gasteiger charge is -2.27. The third kappa shape index (κ3) is 6.47. The molecule has 140 valence electrons. The second-order valence-corrected chi connectivity index (χ2v) is 5.97. The van der Waals surface area contributed by atoms with Crippen LogP contribution in [0.5, 0.6) is 0 Å². The first-order chi connectivity index (χ1) is 11.3. The molecule has 8 heteroatoms. The average molecular weight is 388 g/mol. The number of benzene rings is 1. The van der Waals surface area contributed by atoms with Crippen LogP contribution < -0.4 is 10.6 Å². The molecule has 1 amide bonds. The van der Waals surface area contributed by atoms with Gasteiger partial charge >= 0.3 is 0 Å². The van der Waals surface area contributed by atoms with E-state index in [-0.39, 0.29) is 30.7 Å². The summed E-state index contributed by atoms with van der Waals surface area (Å²) in [6, 6.07) is 8.00. The largest absolute Gasteiger partial charge is 0.356 e. The Bertz CT molecular complexity index is 643. The number of nitrogens with zero attached hydrogens (tertiary/aromatic N) is 3. The molecule has 0 spiro atoms. The molecule has 0 unspecified atom stereocenters. The van der Waals surface area contributed by atoms with Crippen molar-refractivity contribution < 1.29 is 4.79 Å². The van der Waals surface area contributed by atoms with Crippen molar-refractivity contribution in [3.63, 3.8) is 0 Å². The summed E-state index contributed by atoms with van der Waals surface area (Å²) in [5.41, 5.74) is 2.06. The lowest BCUT2D eigenvalue weighted by atomic mass is 10.3. The molecule has 0 bridgehead atoms. The van der Waals surface area contributed by atoms with Crippen molar-refractivity contribution in [2.24, 2.45) is 0 Å². The Hall–Kier alpha value is -1.34. The normalized spacial score (nSPS) is 14.6. The number of hydrogen-bond donors (Lipinski definition) is 2. The molecular weight excluding hydrogens is 361 g/mol. The van der Waals surface area contributed by atoms with Gasteiger partial charge in [-0.25, -0.2) is 4.98 Å². The molecule has 2 N–H and O–H groups in total. The molecule has 25 heavy (non-hydrogen) atoms. The highest BCUT2D eigenvalue weighted by molar-refractivity contribution is 5.85. The molecule has 0 atom stereocenters. The fourth-order valence-corrected chi connectivity index (χ4v) is 2.96. The lowest BCUT2D eigenvalue weighted by molar-refractivity contribution is -0.121. The number of nitrogens with one attached hydrogen (secondary N) is 2. The van der Waals surface area contributed by atoms with Gasteiger partial charge in [-0.2, -0.15) is 0 Å². The Balaban J connectivity index is 0.00000156. The van der Waals surface area contributed by atoms with Gasteiger partial charge in [-0.3, -0.25) is 4.79 Å². The average Bonchev–Trinajstić information content (AvgIpc) is 3.01. The lowest BCUT2D eigenvalue weighted by Crippen LogP contribution is -2.44. The predicted octanol–water partition coefficient (Wildman–Crippen LogP) is 1.68. The first-order valence-corrected chi connectivity index (χ1v) is 8.42. The van der Waals surface area contributed by atoms with Gasteiger partial charge in [-0.1, -0.05) is 12.1 Å². The third-order valence-corrected chi connectivity index (χ3v) is 4.29. The van der Waals surface area contributed by atoms with Crippen LogP contribution in [0.1, 0.15) is 12.8 Å². The minimum absolute atomic E-state index is 0. The molecule has 1 aliphatic rings. The van der Waals surface area contributed by atoms with Crippen LogP contribution in [0.4, 0.5) is 0 Å². The molecule has 2 heterocycles. The maximum Gasteiger partial charge on any atom is 0.221 e. The molecule has 1 aromatic heterocycles. The van der Waals surface area contributed by atoms with Gasteiger partial charge in [-0.15, -0.1) is 24.8 Å². The van der Waals surface area contributed by atoms with Crippen LogP contribution in [-0.2, 0) is 11.3 Å². The Kier molecular flexibility index (Phi) is 9.82. The van der Waals surface area contributed by atoms with Crippen LogP contribution in [0.15, 0.2) is 30.6 Å². The van der Waals surface area contributed by atoms with Crippen LogP contribution in [0.2, 0.25) is 0 Å². The number of aryl methyl sites for hydroxylation is 1. The van der Waals surface area contributed by atoms with Gasteiger partial charge in [0.05, 0.1) is 17.4 Å². The number of halogens is 2. The summed E-state index contributed by atoms with van der Waals surface area (Å²) < 4.78 is 2.04. The smallest absolute Gasteiger partial charge is 0.221 e. The number of para-hydroxylation sites is 2. The van der Waals surface area contributed by atoms with E-state index in [4.69, 9.17) is 0 Å². The highest BCUT2D eigenvalue weighted by Gasteiger charge is 2.09. The van der Waals surface area contributed by atoms with Gasteiger partial charge in [0.1, 0.15) is 0 Å². The van der Waals surface area contributed by atoms with Crippen molar-refractivity contribution in [1.29, 1.82) is 0 Å². The highest BCUT2D eigenvalue weighted by Crippen LogP contribution is 2.11. The number of carbonyl (C=O) groups excluding carboxylic acids is 1. The molecule has 1 aromatic carbocycles. The number of fused-ring (bicyclic) bond motifs is 1. The van der Waals surface area contributed by atoms with Crippen molar-refractivity contribution in [2.45, 2.75) is 19.4 Å². The summed E-state index contributed by atoms with van der Waals surface area (Å²) in [7, 11) is 0. The monoisotopic (exact) mass is 387 g/mol. The predicted molar refractivity (Wildman–Crippen MR) is 106 cm³/mol. The second kappa shape index (κ2) is 11.3. The molecule has 1 saturated heterocycles. The van der Waals surface area contributed by atoms with Crippen LogP contribution >= 0.6 is 24.8 Å². The van der Waals surface area contributed by atoms with Gasteiger partial charge in [0.2, 0.25) is 5.91 Å². The third-order valence-electron chi connectivity index (χ3n) is 4.29. The van der Waals surface area contributed by atoms with Gasteiger partial charge < -0.3 is 20.1 Å². The van der Waals surface area contributed by atoms with Crippen molar-refractivity contribution in [3.8, 4) is 0 Å². The first kappa shape index (κ1) is 21.7. The number of hydrogen-bond acceptors (Lipinski definition) is 4. The van der Waals surface area contributed by atoms with E-state index in [0.717, 1.165) is 56.7 Å². The fraction of sp³-hybridized carbons (Fsp3) is 0.529. The van der Waals surface area contributed by atoms with E-state index in [0.29, 0.717) is 13.0 Å². The molecule has 0 saturated carbocycles. The SMILES string of the molecule is Cl.Cl.O=C(CCn1cnc2ccccc21)NCCCN1CCNCC1. The maximum absolute atomic E-state index is 12.0. The summed E-state index contributed by atoms with van der Waals surface area (Å²) in [5.74, 6) is 0.114. The standard InChI is InChI=1S/C17H25N5O.2ClH/c23-17(19-7-3-10-21-12-8-18-9-13-21)6-11-22-14-20-15-4-1-2-5-16(15)22;;/h1-2,4-5,14,18H,3,6-13H2,(H,19,23);2*1H. The van der Waals surface area contributed by atoms with Crippen LogP contribution in [0.3, 0.4) is 0 Å². The Morgan fingerprint density at radius 1 is 1.16 bits per heavy atom. The van der Waals surface area contributed by atoms with Crippen molar-refractivity contribution in [1.82, 2.24) is 25.1 Å². The number of amides is 1. The zero-order chi connectivity index (χ0) is 15.9. The van der Waals surface area contributed by atoms with Gasteiger partial charge in [0, 0.05) is 45.7 Å². The van der Waals surface area contributed by atoms with Gasteiger partial charge in [0.15, 0.2) is 0 Å². The molecule has 1 fully saturated rings. The fourth-order valence-electron chi connectivity index (χ4n) is 2.96. The molecule has 6 nitrogen and oxygen atoms in total. The Morgan fingerprint density at radius 2 is 1.92 bits per heavy atom. The van der Waals surface area contributed by atoms with E-state index in [9.17, 15) is 4.79 Å². The zero-order valence-corrected chi connectivity index (χ0v) is 16.0. The number of imidazole rings is 1. The van der Waals surface area contributed by atoms with E-state index in [1.807, 2.05) is 35.2 Å². The minimum Gasteiger partial charge on any atom is -0.356 e. The van der Waals surface area contributed by atoms with Gasteiger partial charge in [0.25, 0.3) is 0 Å². The van der Waals surface area contributed by atoms with Crippen molar-refractivity contribution in [3.05, 3.63) is 30.6 Å². The molecule has 1 aliphatic heterocycles. The summed E-state index contributed by atoms with van der Waals surface area (Å²) in [4.78, 5) is 18.7. The molecule has 0 aliphatic carbocycles. The highest BCUT2D eigenvalue weighted by atomic mass is 35.5. The van der Waals surface area contributed by atoms with Crippen molar-refractivity contribution >= 4 is 41.8 Å².